The molecule has 4 nitrogen and oxygen atoms in total. The summed E-state index contributed by atoms with van der Waals surface area (Å²) in [7, 11) is -2.46. The summed E-state index contributed by atoms with van der Waals surface area (Å²) in [4.78, 5) is 0. The van der Waals surface area contributed by atoms with Crippen molar-refractivity contribution >= 4 is 8.07 Å². The van der Waals surface area contributed by atoms with Crippen molar-refractivity contribution in [3.63, 3.8) is 0 Å². The molecule has 0 aliphatic carbocycles. The van der Waals surface area contributed by atoms with Crippen LogP contribution in [0.15, 0.2) is 0 Å². The summed E-state index contributed by atoms with van der Waals surface area (Å²) < 4.78 is 0. The number of hydrogen-bond acceptors (Lipinski definition) is 4. The van der Waals surface area contributed by atoms with Crippen LogP contribution in [-0.2, 0) is 0 Å². The average molecular weight is 221 g/mol. The van der Waals surface area contributed by atoms with Crippen molar-refractivity contribution in [1.82, 2.24) is 0 Å². The highest BCUT2D eigenvalue weighted by atomic mass is 28.3. The second-order valence-electron chi connectivity index (χ2n) is 4.03. The Labute approximate surface area is 86.8 Å². The molecule has 0 spiro atoms. The number of rotatable bonds is 6. The van der Waals surface area contributed by atoms with E-state index >= 15 is 0 Å². The van der Waals surface area contributed by atoms with E-state index in [4.69, 9.17) is 5.73 Å². The SMILES string of the molecule is CC(O)[Si](CCCN)(C(C)O)C(C)O. The predicted octanol–water partition coefficient (Wildman–Crippen LogP) is -0.456. The van der Waals surface area contributed by atoms with Gasteiger partial charge in [-0.3, -0.25) is 0 Å². The van der Waals surface area contributed by atoms with Crippen molar-refractivity contribution in [2.75, 3.05) is 6.54 Å². The fourth-order valence-electron chi connectivity index (χ4n) is 2.08. The molecular formula is C9H23NO3Si. The molecule has 5 N–H and O–H groups in total. The van der Waals surface area contributed by atoms with Crippen molar-refractivity contribution < 1.29 is 15.3 Å². The lowest BCUT2D eigenvalue weighted by molar-refractivity contribution is 0.175. The molecule has 14 heavy (non-hydrogen) atoms. The molecule has 0 aliphatic rings. The highest BCUT2D eigenvalue weighted by Crippen LogP contribution is 2.25. The Morgan fingerprint density at radius 3 is 1.57 bits per heavy atom. The Morgan fingerprint density at radius 2 is 1.36 bits per heavy atom. The zero-order valence-electron chi connectivity index (χ0n) is 9.27. The maximum absolute atomic E-state index is 9.73. The smallest absolute Gasteiger partial charge is 0.150 e. The number of hydrogen-bond donors (Lipinski definition) is 4. The summed E-state index contributed by atoms with van der Waals surface area (Å²) in [6, 6.07) is 0.663. The third kappa shape index (κ3) is 2.77. The molecular weight excluding hydrogens is 198 g/mol. The van der Waals surface area contributed by atoms with Crippen molar-refractivity contribution in [1.29, 1.82) is 0 Å². The second kappa shape index (κ2) is 5.82. The summed E-state index contributed by atoms with van der Waals surface area (Å²) in [6.07, 6.45) is 0.743. The molecule has 0 aromatic heterocycles. The predicted molar refractivity (Wildman–Crippen MR) is 59.3 cm³/mol. The van der Waals surface area contributed by atoms with Crippen LogP contribution < -0.4 is 5.73 Å². The molecule has 86 valence electrons. The molecule has 0 aromatic carbocycles. The molecule has 0 saturated carbocycles. The Bertz CT molecular complexity index is 140. The molecule has 0 fully saturated rings. The third-order valence-corrected chi connectivity index (χ3v) is 9.03. The molecule has 0 aliphatic heterocycles. The first kappa shape index (κ1) is 14.1. The first-order valence-electron chi connectivity index (χ1n) is 5.13. The summed E-state index contributed by atoms with van der Waals surface area (Å²) in [5.74, 6) is 0. The molecule has 0 bridgehead atoms. The minimum Gasteiger partial charge on any atom is -0.397 e. The van der Waals surface area contributed by atoms with Gasteiger partial charge in [0, 0.05) is 17.2 Å². The van der Waals surface area contributed by atoms with Gasteiger partial charge in [0.15, 0.2) is 0 Å². The monoisotopic (exact) mass is 221 g/mol. The van der Waals surface area contributed by atoms with Gasteiger partial charge in [-0.05, 0) is 39.8 Å². The van der Waals surface area contributed by atoms with Gasteiger partial charge in [-0.2, -0.15) is 0 Å². The topological polar surface area (TPSA) is 86.7 Å². The van der Waals surface area contributed by atoms with Gasteiger partial charge in [0.05, 0.1) is 0 Å². The molecule has 5 heteroatoms. The lowest BCUT2D eigenvalue weighted by atomic mass is 10.5. The van der Waals surface area contributed by atoms with Crippen LogP contribution >= 0.6 is 0 Å². The van der Waals surface area contributed by atoms with Crippen molar-refractivity contribution in [2.45, 2.75) is 50.4 Å². The summed E-state index contributed by atoms with van der Waals surface area (Å²) >= 11 is 0. The van der Waals surface area contributed by atoms with Crippen LogP contribution in [0.2, 0.25) is 6.04 Å². The van der Waals surface area contributed by atoms with E-state index < -0.39 is 25.3 Å². The average Bonchev–Trinajstić information content (AvgIpc) is 2.03. The van der Waals surface area contributed by atoms with Crippen LogP contribution in [-0.4, -0.2) is 47.1 Å². The van der Waals surface area contributed by atoms with Gasteiger partial charge in [0.25, 0.3) is 0 Å². The summed E-state index contributed by atoms with van der Waals surface area (Å²) in [5.41, 5.74) is 3.56. The molecule has 0 heterocycles. The highest BCUT2D eigenvalue weighted by molar-refractivity contribution is 6.83. The second-order valence-corrected chi connectivity index (χ2v) is 9.26. The van der Waals surface area contributed by atoms with Crippen LogP contribution in [0.3, 0.4) is 0 Å². The Kier molecular flexibility index (Phi) is 5.85. The molecule has 0 radical (unpaired) electrons. The highest BCUT2D eigenvalue weighted by Gasteiger charge is 2.46. The van der Waals surface area contributed by atoms with Gasteiger partial charge in [0.2, 0.25) is 0 Å². The number of aliphatic hydroxyl groups excluding tert-OH is 3. The quantitative estimate of drug-likeness (QED) is 0.457. The zero-order valence-corrected chi connectivity index (χ0v) is 10.3. The molecule has 0 saturated heterocycles. The van der Waals surface area contributed by atoms with Gasteiger partial charge in [-0.15, -0.1) is 0 Å². The van der Waals surface area contributed by atoms with E-state index in [-0.39, 0.29) is 0 Å². The Morgan fingerprint density at radius 1 is 1.00 bits per heavy atom. The van der Waals surface area contributed by atoms with Crippen LogP contribution in [0.1, 0.15) is 27.2 Å². The van der Waals surface area contributed by atoms with Crippen molar-refractivity contribution in [3.05, 3.63) is 0 Å². The molecule has 0 amide bonds. The minimum atomic E-state index is -2.46. The van der Waals surface area contributed by atoms with Gasteiger partial charge < -0.3 is 21.1 Å². The molecule has 3 unspecified atom stereocenters. The lowest BCUT2D eigenvalue weighted by Crippen LogP contribution is -2.63. The van der Waals surface area contributed by atoms with Crippen LogP contribution in [0.25, 0.3) is 0 Å². The molecule has 3 atom stereocenters. The van der Waals surface area contributed by atoms with E-state index in [9.17, 15) is 15.3 Å². The summed E-state index contributed by atoms with van der Waals surface area (Å²) in [6.45, 7) is 5.49. The fourth-order valence-corrected chi connectivity index (χ4v) is 6.25. The number of aliphatic hydroxyl groups is 3. The van der Waals surface area contributed by atoms with E-state index in [0.29, 0.717) is 12.6 Å². The van der Waals surface area contributed by atoms with E-state index in [0.717, 1.165) is 6.42 Å². The molecule has 0 aromatic rings. The maximum atomic E-state index is 9.73. The lowest BCUT2D eigenvalue weighted by Gasteiger charge is -2.39. The van der Waals surface area contributed by atoms with E-state index in [1.54, 1.807) is 20.8 Å². The largest absolute Gasteiger partial charge is 0.397 e. The Hall–Kier alpha value is 0.0569. The fraction of sp³-hybridized carbons (Fsp3) is 1.00. The normalized spacial score (nSPS) is 22.5. The van der Waals surface area contributed by atoms with Crippen molar-refractivity contribution in [3.8, 4) is 0 Å². The number of nitrogens with two attached hydrogens (primary N) is 1. The first-order valence-corrected chi connectivity index (χ1v) is 7.57. The van der Waals surface area contributed by atoms with Gasteiger partial charge in [0.1, 0.15) is 8.07 Å². The Balaban J connectivity index is 4.76. The zero-order chi connectivity index (χ0) is 11.4. The van der Waals surface area contributed by atoms with E-state index in [2.05, 4.69) is 0 Å². The van der Waals surface area contributed by atoms with Crippen LogP contribution in [0, 0.1) is 0 Å². The minimum absolute atomic E-state index is 0.529. The first-order chi connectivity index (χ1) is 6.39. The van der Waals surface area contributed by atoms with E-state index in [1.165, 1.54) is 0 Å². The van der Waals surface area contributed by atoms with Crippen molar-refractivity contribution in [2.24, 2.45) is 5.73 Å². The maximum Gasteiger partial charge on any atom is 0.150 e. The van der Waals surface area contributed by atoms with Gasteiger partial charge in [-0.1, -0.05) is 0 Å². The van der Waals surface area contributed by atoms with Gasteiger partial charge >= 0.3 is 0 Å². The van der Waals surface area contributed by atoms with Gasteiger partial charge in [-0.25, -0.2) is 0 Å². The molecule has 0 rings (SSSR count). The third-order valence-electron chi connectivity index (χ3n) is 3.15. The standard InChI is InChI=1S/C9H23NO3Si/c1-7(11)14(8(2)12,9(3)13)6-4-5-10/h7-9,11-13H,4-6,10H2,1-3H3. The van der Waals surface area contributed by atoms with Crippen LogP contribution in [0.5, 0.6) is 0 Å². The van der Waals surface area contributed by atoms with Crippen LogP contribution in [0.4, 0.5) is 0 Å². The summed E-state index contributed by atoms with van der Waals surface area (Å²) in [5, 5.41) is 29.2. The van der Waals surface area contributed by atoms with E-state index in [1.807, 2.05) is 0 Å².